The van der Waals surface area contributed by atoms with Gasteiger partial charge in [0.05, 0.1) is 6.04 Å². The van der Waals surface area contributed by atoms with Gasteiger partial charge < -0.3 is 5.73 Å². The van der Waals surface area contributed by atoms with Gasteiger partial charge in [0.2, 0.25) is 0 Å². The SMILES string of the molecule is C=C[C@@H](N)c1ccc(CC)s1.Cl. The molecule has 1 aromatic rings. The van der Waals surface area contributed by atoms with Crippen LogP contribution in [-0.2, 0) is 6.42 Å². The molecule has 0 fully saturated rings. The first-order valence-electron chi connectivity index (χ1n) is 3.74. The lowest BCUT2D eigenvalue weighted by Gasteiger charge is -1.99. The van der Waals surface area contributed by atoms with E-state index in [1.807, 2.05) is 0 Å². The van der Waals surface area contributed by atoms with Crippen LogP contribution in [0.4, 0.5) is 0 Å². The minimum absolute atomic E-state index is 0. The van der Waals surface area contributed by atoms with Crippen LogP contribution in [0.15, 0.2) is 24.8 Å². The molecule has 0 spiro atoms. The molecule has 0 saturated carbocycles. The van der Waals surface area contributed by atoms with Crippen molar-refractivity contribution < 1.29 is 0 Å². The third kappa shape index (κ3) is 2.63. The van der Waals surface area contributed by atoms with Crippen molar-refractivity contribution in [1.82, 2.24) is 0 Å². The molecule has 1 nitrogen and oxygen atoms in total. The van der Waals surface area contributed by atoms with E-state index >= 15 is 0 Å². The highest BCUT2D eigenvalue weighted by molar-refractivity contribution is 7.12. The fourth-order valence-corrected chi connectivity index (χ4v) is 1.83. The van der Waals surface area contributed by atoms with E-state index in [1.165, 1.54) is 9.75 Å². The molecule has 0 aliphatic rings. The van der Waals surface area contributed by atoms with Gasteiger partial charge >= 0.3 is 0 Å². The quantitative estimate of drug-likeness (QED) is 0.752. The van der Waals surface area contributed by atoms with E-state index < -0.39 is 0 Å². The van der Waals surface area contributed by atoms with E-state index in [9.17, 15) is 0 Å². The number of hydrogen-bond donors (Lipinski definition) is 1. The maximum atomic E-state index is 5.75. The molecule has 0 radical (unpaired) electrons. The summed E-state index contributed by atoms with van der Waals surface area (Å²) in [5.74, 6) is 0. The van der Waals surface area contributed by atoms with E-state index in [-0.39, 0.29) is 18.4 Å². The van der Waals surface area contributed by atoms with E-state index in [1.54, 1.807) is 17.4 Å². The van der Waals surface area contributed by atoms with Crippen molar-refractivity contribution in [3.05, 3.63) is 34.5 Å². The van der Waals surface area contributed by atoms with Gasteiger partial charge in [-0.1, -0.05) is 13.0 Å². The molecule has 1 heterocycles. The van der Waals surface area contributed by atoms with Crippen molar-refractivity contribution >= 4 is 23.7 Å². The molecule has 0 aromatic carbocycles. The second kappa shape index (κ2) is 5.36. The zero-order valence-electron chi connectivity index (χ0n) is 7.12. The smallest absolute Gasteiger partial charge is 0.0573 e. The van der Waals surface area contributed by atoms with Gasteiger partial charge in [-0.3, -0.25) is 0 Å². The van der Waals surface area contributed by atoms with Gasteiger partial charge in [-0.25, -0.2) is 0 Å². The molecular formula is C9H14ClNS. The number of aryl methyl sites for hydroxylation is 1. The number of halogens is 1. The highest BCUT2D eigenvalue weighted by atomic mass is 35.5. The van der Waals surface area contributed by atoms with Crippen molar-refractivity contribution in [2.24, 2.45) is 5.73 Å². The van der Waals surface area contributed by atoms with E-state index in [0.29, 0.717) is 0 Å². The fourth-order valence-electron chi connectivity index (χ4n) is 0.880. The van der Waals surface area contributed by atoms with Gasteiger partial charge in [-0.15, -0.1) is 30.3 Å². The topological polar surface area (TPSA) is 26.0 Å². The summed E-state index contributed by atoms with van der Waals surface area (Å²) >= 11 is 1.77. The Morgan fingerprint density at radius 1 is 1.67 bits per heavy atom. The zero-order chi connectivity index (χ0) is 8.27. The van der Waals surface area contributed by atoms with Gasteiger partial charge in [-0.05, 0) is 18.6 Å². The molecular weight excluding hydrogens is 190 g/mol. The van der Waals surface area contributed by atoms with Gasteiger partial charge in [-0.2, -0.15) is 0 Å². The van der Waals surface area contributed by atoms with Crippen LogP contribution in [0, 0.1) is 0 Å². The minimum Gasteiger partial charge on any atom is -0.320 e. The van der Waals surface area contributed by atoms with E-state index in [2.05, 4.69) is 25.6 Å². The summed E-state index contributed by atoms with van der Waals surface area (Å²) in [5, 5.41) is 0. The Morgan fingerprint density at radius 3 is 2.75 bits per heavy atom. The molecule has 0 aliphatic carbocycles. The Kier molecular flexibility index (Phi) is 5.22. The third-order valence-electron chi connectivity index (χ3n) is 1.61. The molecule has 1 atom stereocenters. The lowest BCUT2D eigenvalue weighted by molar-refractivity contribution is 0.940. The normalized spacial score (nSPS) is 11.8. The lowest BCUT2D eigenvalue weighted by atomic mass is 10.2. The highest BCUT2D eigenvalue weighted by Gasteiger charge is 2.03. The van der Waals surface area contributed by atoms with Gasteiger partial charge in [0.15, 0.2) is 0 Å². The number of hydrogen-bond acceptors (Lipinski definition) is 2. The molecule has 2 N–H and O–H groups in total. The van der Waals surface area contributed by atoms with Crippen LogP contribution in [0.25, 0.3) is 0 Å². The van der Waals surface area contributed by atoms with Crippen LogP contribution < -0.4 is 5.73 Å². The highest BCUT2D eigenvalue weighted by Crippen LogP contribution is 2.22. The van der Waals surface area contributed by atoms with Crippen molar-refractivity contribution in [2.45, 2.75) is 19.4 Å². The number of thiophene rings is 1. The molecule has 68 valence electrons. The zero-order valence-corrected chi connectivity index (χ0v) is 8.75. The maximum absolute atomic E-state index is 5.75. The minimum atomic E-state index is 0. The van der Waals surface area contributed by atoms with Crippen LogP contribution >= 0.6 is 23.7 Å². The summed E-state index contributed by atoms with van der Waals surface area (Å²) in [4.78, 5) is 2.59. The Hall–Kier alpha value is -0.310. The van der Waals surface area contributed by atoms with Crippen LogP contribution in [0.1, 0.15) is 22.7 Å². The Bertz CT molecular complexity index is 244. The second-order valence-electron chi connectivity index (χ2n) is 2.42. The lowest BCUT2D eigenvalue weighted by Crippen LogP contribution is -2.03. The van der Waals surface area contributed by atoms with Gasteiger partial charge in [0.25, 0.3) is 0 Å². The maximum Gasteiger partial charge on any atom is 0.0573 e. The molecule has 0 bridgehead atoms. The summed E-state index contributed by atoms with van der Waals surface area (Å²) in [6, 6.07) is 4.22. The molecule has 0 saturated heterocycles. The first-order chi connectivity index (χ1) is 5.27. The van der Waals surface area contributed by atoms with Crippen molar-refractivity contribution in [1.29, 1.82) is 0 Å². The van der Waals surface area contributed by atoms with Crippen molar-refractivity contribution in [3.8, 4) is 0 Å². The molecule has 0 amide bonds. The average Bonchev–Trinajstić information content (AvgIpc) is 2.50. The summed E-state index contributed by atoms with van der Waals surface area (Å²) in [7, 11) is 0. The Balaban J connectivity index is 0.00000121. The summed E-state index contributed by atoms with van der Waals surface area (Å²) in [6.45, 7) is 5.80. The summed E-state index contributed by atoms with van der Waals surface area (Å²) in [5.41, 5.74) is 5.75. The average molecular weight is 204 g/mol. The molecule has 0 aliphatic heterocycles. The van der Waals surface area contributed by atoms with Crippen LogP contribution in [-0.4, -0.2) is 0 Å². The summed E-state index contributed by atoms with van der Waals surface area (Å²) < 4.78 is 0. The van der Waals surface area contributed by atoms with Crippen LogP contribution in [0.2, 0.25) is 0 Å². The summed E-state index contributed by atoms with van der Waals surface area (Å²) in [6.07, 6.45) is 2.86. The number of nitrogens with two attached hydrogens (primary N) is 1. The number of rotatable bonds is 3. The van der Waals surface area contributed by atoms with Crippen molar-refractivity contribution in [2.75, 3.05) is 0 Å². The Labute approximate surface area is 83.7 Å². The van der Waals surface area contributed by atoms with Crippen LogP contribution in [0.3, 0.4) is 0 Å². The monoisotopic (exact) mass is 203 g/mol. The fraction of sp³-hybridized carbons (Fsp3) is 0.333. The molecule has 1 rings (SSSR count). The predicted octanol–water partition coefficient (Wildman–Crippen LogP) is 2.92. The van der Waals surface area contributed by atoms with Crippen molar-refractivity contribution in [3.63, 3.8) is 0 Å². The predicted molar refractivity (Wildman–Crippen MR) is 58.1 cm³/mol. The van der Waals surface area contributed by atoms with E-state index in [4.69, 9.17) is 5.73 Å². The first kappa shape index (κ1) is 11.7. The standard InChI is InChI=1S/C9H13NS.ClH/c1-3-7-5-6-9(11-7)8(10)4-2;/h4-6,8H,2-3,10H2,1H3;1H/t8-;/m1./s1. The molecule has 12 heavy (non-hydrogen) atoms. The first-order valence-corrected chi connectivity index (χ1v) is 4.56. The van der Waals surface area contributed by atoms with Gasteiger partial charge in [0, 0.05) is 9.75 Å². The molecule has 1 aromatic heterocycles. The van der Waals surface area contributed by atoms with Crippen LogP contribution in [0.5, 0.6) is 0 Å². The van der Waals surface area contributed by atoms with E-state index in [0.717, 1.165) is 6.42 Å². The Morgan fingerprint density at radius 2 is 2.33 bits per heavy atom. The molecule has 0 unspecified atom stereocenters. The van der Waals surface area contributed by atoms with Gasteiger partial charge in [0.1, 0.15) is 0 Å². The second-order valence-corrected chi connectivity index (χ2v) is 3.62. The largest absolute Gasteiger partial charge is 0.320 e. The third-order valence-corrected chi connectivity index (χ3v) is 2.94. The molecule has 3 heteroatoms.